The van der Waals surface area contributed by atoms with Gasteiger partial charge in [-0.25, -0.2) is 0 Å². The third kappa shape index (κ3) is 5.17. The molecular formula is C19H23ClN2O2. The van der Waals surface area contributed by atoms with Gasteiger partial charge in [0.25, 0.3) is 0 Å². The number of halogens is 1. The van der Waals surface area contributed by atoms with Crippen LogP contribution in [-0.2, 0) is 4.79 Å². The molecule has 2 N–H and O–H groups in total. The third-order valence-electron chi connectivity index (χ3n) is 3.70. The Morgan fingerprint density at radius 2 is 1.79 bits per heavy atom. The zero-order valence-corrected chi connectivity index (χ0v) is 14.9. The maximum Gasteiger partial charge on any atom is 0.242 e. The number of hydrogen-bond acceptors (Lipinski definition) is 3. The maximum absolute atomic E-state index is 12.0. The van der Waals surface area contributed by atoms with E-state index in [-0.39, 0.29) is 18.0 Å². The van der Waals surface area contributed by atoms with E-state index in [4.69, 9.17) is 16.3 Å². The van der Waals surface area contributed by atoms with Crippen molar-refractivity contribution in [1.29, 1.82) is 0 Å². The molecule has 0 saturated heterocycles. The molecular weight excluding hydrogens is 324 g/mol. The summed E-state index contributed by atoms with van der Waals surface area (Å²) in [5.41, 5.74) is 0.855. The minimum absolute atomic E-state index is 0.0132. The molecule has 128 valence electrons. The van der Waals surface area contributed by atoms with E-state index in [2.05, 4.69) is 10.6 Å². The summed E-state index contributed by atoms with van der Waals surface area (Å²) in [4.78, 5) is 12.0. The summed E-state index contributed by atoms with van der Waals surface area (Å²) in [5.74, 6) is 1.28. The first-order chi connectivity index (χ1) is 11.5. The predicted molar refractivity (Wildman–Crippen MR) is 98.9 cm³/mol. The topological polar surface area (TPSA) is 50.4 Å². The molecule has 0 saturated carbocycles. The lowest BCUT2D eigenvalue weighted by molar-refractivity contribution is -0.122. The van der Waals surface area contributed by atoms with E-state index in [1.165, 1.54) is 0 Å². The largest absolute Gasteiger partial charge is 0.456 e. The van der Waals surface area contributed by atoms with Gasteiger partial charge in [-0.15, -0.1) is 0 Å². The van der Waals surface area contributed by atoms with Crippen LogP contribution in [0, 0.1) is 0 Å². The van der Waals surface area contributed by atoms with Crippen LogP contribution in [-0.4, -0.2) is 18.0 Å². The van der Waals surface area contributed by atoms with Gasteiger partial charge in [0, 0.05) is 11.7 Å². The summed E-state index contributed by atoms with van der Waals surface area (Å²) >= 11 is 6.08. The fourth-order valence-corrected chi connectivity index (χ4v) is 2.23. The SMILES string of the molecule is CCC(C)NC(=O)C(C)Nc1ccc(Oc2ccccc2Cl)cc1. The quantitative estimate of drug-likeness (QED) is 0.753. The van der Waals surface area contributed by atoms with E-state index >= 15 is 0 Å². The van der Waals surface area contributed by atoms with Crippen molar-refractivity contribution in [2.24, 2.45) is 0 Å². The van der Waals surface area contributed by atoms with E-state index < -0.39 is 0 Å². The smallest absolute Gasteiger partial charge is 0.242 e. The molecule has 2 atom stereocenters. The first kappa shape index (κ1) is 18.1. The Morgan fingerprint density at radius 1 is 1.12 bits per heavy atom. The molecule has 0 aromatic heterocycles. The highest BCUT2D eigenvalue weighted by molar-refractivity contribution is 6.32. The van der Waals surface area contributed by atoms with Crippen LogP contribution in [0.3, 0.4) is 0 Å². The minimum Gasteiger partial charge on any atom is -0.456 e. The van der Waals surface area contributed by atoms with E-state index in [1.54, 1.807) is 6.07 Å². The molecule has 0 fully saturated rings. The van der Waals surface area contributed by atoms with Crippen LogP contribution in [0.25, 0.3) is 0 Å². The summed E-state index contributed by atoms with van der Waals surface area (Å²) in [6, 6.07) is 14.6. The molecule has 24 heavy (non-hydrogen) atoms. The first-order valence-electron chi connectivity index (χ1n) is 8.09. The van der Waals surface area contributed by atoms with Crippen LogP contribution in [0.1, 0.15) is 27.2 Å². The number of carbonyl (C=O) groups is 1. The minimum atomic E-state index is -0.311. The standard InChI is InChI=1S/C19H23ClN2O2/c1-4-13(2)21-19(23)14(3)22-15-9-11-16(12-10-15)24-18-8-6-5-7-17(18)20/h5-14,22H,4H2,1-3H3,(H,21,23). The number of hydrogen-bond donors (Lipinski definition) is 2. The number of benzene rings is 2. The number of carbonyl (C=O) groups excluding carboxylic acids is 1. The van der Waals surface area contributed by atoms with Gasteiger partial charge in [-0.05, 0) is 56.7 Å². The Morgan fingerprint density at radius 3 is 2.42 bits per heavy atom. The van der Waals surface area contributed by atoms with E-state index in [0.717, 1.165) is 12.1 Å². The van der Waals surface area contributed by atoms with Crippen LogP contribution in [0.5, 0.6) is 11.5 Å². The second-order valence-corrected chi connectivity index (χ2v) is 6.15. The second kappa shape index (κ2) is 8.60. The maximum atomic E-state index is 12.0. The van der Waals surface area contributed by atoms with Gasteiger partial charge in [0.1, 0.15) is 17.5 Å². The number of ether oxygens (including phenoxy) is 1. The van der Waals surface area contributed by atoms with E-state index in [1.807, 2.05) is 63.2 Å². The third-order valence-corrected chi connectivity index (χ3v) is 4.01. The van der Waals surface area contributed by atoms with Gasteiger partial charge in [0.15, 0.2) is 0 Å². The van der Waals surface area contributed by atoms with Gasteiger partial charge in [0.2, 0.25) is 5.91 Å². The van der Waals surface area contributed by atoms with Crippen molar-refractivity contribution < 1.29 is 9.53 Å². The first-order valence-corrected chi connectivity index (χ1v) is 8.46. The van der Waals surface area contributed by atoms with E-state index in [9.17, 15) is 4.79 Å². The lowest BCUT2D eigenvalue weighted by atomic mass is 10.2. The van der Waals surface area contributed by atoms with Gasteiger partial charge in [-0.2, -0.15) is 0 Å². The van der Waals surface area contributed by atoms with Gasteiger partial charge in [-0.3, -0.25) is 4.79 Å². The highest BCUT2D eigenvalue weighted by atomic mass is 35.5. The highest BCUT2D eigenvalue weighted by Gasteiger charge is 2.14. The summed E-state index contributed by atoms with van der Waals surface area (Å²) in [6.45, 7) is 5.87. The summed E-state index contributed by atoms with van der Waals surface area (Å²) in [6.07, 6.45) is 0.909. The average Bonchev–Trinajstić information content (AvgIpc) is 2.58. The summed E-state index contributed by atoms with van der Waals surface area (Å²) in [5, 5.41) is 6.70. The van der Waals surface area contributed by atoms with Gasteiger partial charge in [-0.1, -0.05) is 30.7 Å². The zero-order valence-electron chi connectivity index (χ0n) is 14.2. The molecule has 0 aliphatic carbocycles. The molecule has 2 rings (SSSR count). The van der Waals surface area contributed by atoms with Crippen LogP contribution >= 0.6 is 11.6 Å². The van der Waals surface area contributed by atoms with Crippen molar-refractivity contribution in [2.75, 3.05) is 5.32 Å². The van der Waals surface area contributed by atoms with Crippen LogP contribution in [0.15, 0.2) is 48.5 Å². The molecule has 4 nitrogen and oxygen atoms in total. The summed E-state index contributed by atoms with van der Waals surface area (Å²) in [7, 11) is 0. The fourth-order valence-electron chi connectivity index (χ4n) is 2.06. The molecule has 0 radical (unpaired) electrons. The Kier molecular flexibility index (Phi) is 6.50. The molecule has 0 aliphatic rings. The van der Waals surface area contributed by atoms with Crippen molar-refractivity contribution in [2.45, 2.75) is 39.3 Å². The number of para-hydroxylation sites is 1. The molecule has 0 heterocycles. The second-order valence-electron chi connectivity index (χ2n) is 5.74. The van der Waals surface area contributed by atoms with Crippen LogP contribution < -0.4 is 15.4 Å². The van der Waals surface area contributed by atoms with Crippen LogP contribution in [0.4, 0.5) is 5.69 Å². The van der Waals surface area contributed by atoms with Gasteiger partial charge >= 0.3 is 0 Å². The van der Waals surface area contributed by atoms with Crippen LogP contribution in [0.2, 0.25) is 5.02 Å². The molecule has 2 aromatic rings. The number of rotatable bonds is 7. The molecule has 0 spiro atoms. The normalized spacial score (nSPS) is 13.0. The molecule has 0 aliphatic heterocycles. The average molecular weight is 347 g/mol. The lowest BCUT2D eigenvalue weighted by Crippen LogP contribution is -2.41. The molecule has 0 bridgehead atoms. The Balaban J connectivity index is 1.94. The monoisotopic (exact) mass is 346 g/mol. The number of amides is 1. The van der Waals surface area contributed by atoms with E-state index in [0.29, 0.717) is 16.5 Å². The summed E-state index contributed by atoms with van der Waals surface area (Å²) < 4.78 is 5.74. The van der Waals surface area contributed by atoms with Crippen molar-refractivity contribution in [3.05, 3.63) is 53.6 Å². The molecule has 1 amide bonds. The van der Waals surface area contributed by atoms with Gasteiger partial charge in [0.05, 0.1) is 5.02 Å². The molecule has 2 aromatic carbocycles. The van der Waals surface area contributed by atoms with Crippen molar-refractivity contribution >= 4 is 23.2 Å². The molecule has 5 heteroatoms. The molecule has 2 unspecified atom stereocenters. The Bertz CT molecular complexity index is 673. The Labute approximate surface area is 148 Å². The number of nitrogens with one attached hydrogen (secondary N) is 2. The van der Waals surface area contributed by atoms with Crippen molar-refractivity contribution in [3.63, 3.8) is 0 Å². The zero-order chi connectivity index (χ0) is 17.5. The number of anilines is 1. The Hall–Kier alpha value is -2.20. The lowest BCUT2D eigenvalue weighted by Gasteiger charge is -2.18. The van der Waals surface area contributed by atoms with Crippen molar-refractivity contribution in [1.82, 2.24) is 5.32 Å². The highest BCUT2D eigenvalue weighted by Crippen LogP contribution is 2.29. The van der Waals surface area contributed by atoms with Gasteiger partial charge < -0.3 is 15.4 Å². The predicted octanol–water partition coefficient (Wildman–Crippen LogP) is 4.85. The fraction of sp³-hybridized carbons (Fsp3) is 0.316. The van der Waals surface area contributed by atoms with Crippen molar-refractivity contribution in [3.8, 4) is 11.5 Å².